The van der Waals surface area contributed by atoms with Crippen LogP contribution >= 0.6 is 0 Å². The molecule has 104 valence electrons. The molecule has 18 heavy (non-hydrogen) atoms. The van der Waals surface area contributed by atoms with Gasteiger partial charge in [0.2, 0.25) is 5.91 Å². The largest absolute Gasteiger partial charge is 0.342 e. The highest BCUT2D eigenvalue weighted by Gasteiger charge is 2.25. The molecule has 0 spiro atoms. The number of hydrogen-bond acceptors (Lipinski definition) is 3. The van der Waals surface area contributed by atoms with Crippen molar-refractivity contribution in [3.8, 4) is 0 Å². The summed E-state index contributed by atoms with van der Waals surface area (Å²) in [5.41, 5.74) is 5.60. The first-order valence-corrected chi connectivity index (χ1v) is 7.50. The smallest absolute Gasteiger partial charge is 0.236 e. The lowest BCUT2D eigenvalue weighted by molar-refractivity contribution is -0.132. The minimum Gasteiger partial charge on any atom is -0.342 e. The van der Waals surface area contributed by atoms with Crippen molar-refractivity contribution in [3.05, 3.63) is 0 Å². The molecule has 4 nitrogen and oxygen atoms in total. The molecule has 0 saturated carbocycles. The van der Waals surface area contributed by atoms with E-state index >= 15 is 0 Å². The first-order chi connectivity index (χ1) is 8.79. The highest BCUT2D eigenvalue weighted by molar-refractivity contribution is 5.78. The van der Waals surface area contributed by atoms with E-state index in [2.05, 4.69) is 9.80 Å². The van der Waals surface area contributed by atoms with Gasteiger partial charge in [0.1, 0.15) is 0 Å². The number of nitrogens with zero attached hydrogens (tertiary/aromatic N) is 2. The van der Waals surface area contributed by atoms with E-state index < -0.39 is 0 Å². The normalized spacial score (nSPS) is 26.3. The molecular weight excluding hydrogens is 226 g/mol. The molecule has 0 aliphatic carbocycles. The summed E-state index contributed by atoms with van der Waals surface area (Å²) in [4.78, 5) is 16.6. The summed E-state index contributed by atoms with van der Waals surface area (Å²) >= 11 is 0. The van der Waals surface area contributed by atoms with E-state index in [9.17, 15) is 4.79 Å². The van der Waals surface area contributed by atoms with Crippen molar-refractivity contribution in [1.29, 1.82) is 0 Å². The predicted octanol–water partition coefficient (Wildman–Crippen LogP) is 1.06. The second-order valence-electron chi connectivity index (χ2n) is 5.76. The van der Waals surface area contributed by atoms with Crippen molar-refractivity contribution in [1.82, 2.24) is 9.80 Å². The third-order valence-electron chi connectivity index (χ3n) is 4.26. The van der Waals surface area contributed by atoms with Crippen molar-refractivity contribution in [2.75, 3.05) is 39.3 Å². The van der Waals surface area contributed by atoms with Gasteiger partial charge >= 0.3 is 0 Å². The Morgan fingerprint density at radius 2 is 1.83 bits per heavy atom. The van der Waals surface area contributed by atoms with Gasteiger partial charge in [0.05, 0.1) is 6.54 Å². The van der Waals surface area contributed by atoms with Gasteiger partial charge in [0.15, 0.2) is 0 Å². The Bertz CT molecular complexity index is 262. The van der Waals surface area contributed by atoms with Crippen LogP contribution in [0.15, 0.2) is 0 Å². The van der Waals surface area contributed by atoms with E-state index in [0.29, 0.717) is 18.4 Å². The number of hydrogen-bond donors (Lipinski definition) is 1. The van der Waals surface area contributed by atoms with Gasteiger partial charge in [-0.25, -0.2) is 0 Å². The molecule has 2 aliphatic heterocycles. The third-order valence-corrected chi connectivity index (χ3v) is 4.26. The maximum Gasteiger partial charge on any atom is 0.236 e. The lowest BCUT2D eigenvalue weighted by Gasteiger charge is -2.23. The minimum absolute atomic E-state index is 0.338. The lowest BCUT2D eigenvalue weighted by Crippen LogP contribution is -2.40. The summed E-state index contributed by atoms with van der Waals surface area (Å²) in [6.45, 7) is 5.48. The zero-order valence-electron chi connectivity index (χ0n) is 11.4. The fourth-order valence-corrected chi connectivity index (χ4v) is 3.14. The van der Waals surface area contributed by atoms with Crippen LogP contribution in [0.2, 0.25) is 0 Å². The van der Waals surface area contributed by atoms with E-state index in [-0.39, 0.29) is 0 Å². The fraction of sp³-hybridized carbons (Fsp3) is 0.929. The Labute approximate surface area is 110 Å². The summed E-state index contributed by atoms with van der Waals surface area (Å²) < 4.78 is 0. The van der Waals surface area contributed by atoms with E-state index in [1.807, 2.05) is 0 Å². The standard InChI is InChI=1S/C14H27N3O/c15-7-5-13-6-10-16(11-13)12-14(18)17-8-3-1-2-4-9-17/h13H,1-12,15H2. The third kappa shape index (κ3) is 3.95. The molecule has 2 N–H and O–H groups in total. The van der Waals surface area contributed by atoms with Crippen LogP contribution in [0.5, 0.6) is 0 Å². The molecule has 0 aromatic carbocycles. The fourth-order valence-electron chi connectivity index (χ4n) is 3.14. The number of amides is 1. The van der Waals surface area contributed by atoms with Crippen molar-refractivity contribution >= 4 is 5.91 Å². The van der Waals surface area contributed by atoms with Crippen LogP contribution in [0, 0.1) is 5.92 Å². The molecule has 2 aliphatic rings. The molecule has 1 amide bonds. The second kappa shape index (κ2) is 7.10. The highest BCUT2D eigenvalue weighted by Crippen LogP contribution is 2.19. The van der Waals surface area contributed by atoms with E-state index in [0.717, 1.165) is 39.1 Å². The van der Waals surface area contributed by atoms with Crippen LogP contribution in [-0.2, 0) is 4.79 Å². The molecule has 2 fully saturated rings. The monoisotopic (exact) mass is 253 g/mol. The quantitative estimate of drug-likeness (QED) is 0.815. The first kappa shape index (κ1) is 13.8. The average molecular weight is 253 g/mol. The van der Waals surface area contributed by atoms with Gasteiger partial charge in [-0.3, -0.25) is 9.69 Å². The number of carbonyl (C=O) groups excluding carboxylic acids is 1. The Kier molecular flexibility index (Phi) is 5.45. The maximum absolute atomic E-state index is 12.2. The highest BCUT2D eigenvalue weighted by atomic mass is 16.2. The molecule has 4 heteroatoms. The zero-order chi connectivity index (χ0) is 12.8. The Hall–Kier alpha value is -0.610. The average Bonchev–Trinajstić information content (AvgIpc) is 2.65. The molecule has 2 saturated heterocycles. The predicted molar refractivity (Wildman–Crippen MR) is 73.3 cm³/mol. The molecule has 0 bridgehead atoms. The summed E-state index contributed by atoms with van der Waals surface area (Å²) in [6.07, 6.45) is 7.25. The topological polar surface area (TPSA) is 49.6 Å². The van der Waals surface area contributed by atoms with E-state index in [4.69, 9.17) is 5.73 Å². The van der Waals surface area contributed by atoms with Gasteiger partial charge in [-0.1, -0.05) is 12.8 Å². The van der Waals surface area contributed by atoms with Crippen molar-refractivity contribution < 1.29 is 4.79 Å². The SMILES string of the molecule is NCCC1CCN(CC(=O)N2CCCCCC2)C1. The van der Waals surface area contributed by atoms with Gasteiger partial charge < -0.3 is 10.6 Å². The number of nitrogens with two attached hydrogens (primary N) is 1. The first-order valence-electron chi connectivity index (χ1n) is 7.50. The van der Waals surface area contributed by atoms with Crippen LogP contribution < -0.4 is 5.73 Å². The number of likely N-dealkylation sites (tertiary alicyclic amines) is 2. The van der Waals surface area contributed by atoms with Crippen LogP contribution in [0.1, 0.15) is 38.5 Å². The Morgan fingerprint density at radius 3 is 2.50 bits per heavy atom. The molecule has 0 aromatic rings. The molecule has 1 unspecified atom stereocenters. The van der Waals surface area contributed by atoms with E-state index in [1.54, 1.807) is 0 Å². The van der Waals surface area contributed by atoms with Crippen molar-refractivity contribution in [3.63, 3.8) is 0 Å². The molecule has 2 heterocycles. The van der Waals surface area contributed by atoms with Crippen LogP contribution in [-0.4, -0.2) is 55.0 Å². The van der Waals surface area contributed by atoms with Gasteiger partial charge in [0, 0.05) is 19.6 Å². The summed E-state index contributed by atoms with van der Waals surface area (Å²) in [5.74, 6) is 1.05. The second-order valence-corrected chi connectivity index (χ2v) is 5.76. The van der Waals surface area contributed by atoms with Gasteiger partial charge in [-0.05, 0) is 44.7 Å². The van der Waals surface area contributed by atoms with Gasteiger partial charge in [-0.2, -0.15) is 0 Å². The number of rotatable bonds is 4. The Morgan fingerprint density at radius 1 is 1.11 bits per heavy atom. The molecular formula is C14H27N3O. The maximum atomic E-state index is 12.2. The van der Waals surface area contributed by atoms with Crippen LogP contribution in [0.3, 0.4) is 0 Å². The van der Waals surface area contributed by atoms with Gasteiger partial charge in [-0.15, -0.1) is 0 Å². The van der Waals surface area contributed by atoms with Crippen molar-refractivity contribution in [2.24, 2.45) is 11.7 Å². The molecule has 0 radical (unpaired) electrons. The minimum atomic E-state index is 0.338. The Balaban J connectivity index is 1.73. The number of carbonyl (C=O) groups is 1. The summed E-state index contributed by atoms with van der Waals surface area (Å²) in [7, 11) is 0. The molecule has 1 atom stereocenters. The van der Waals surface area contributed by atoms with E-state index in [1.165, 1.54) is 32.1 Å². The summed E-state index contributed by atoms with van der Waals surface area (Å²) in [6, 6.07) is 0. The van der Waals surface area contributed by atoms with Crippen LogP contribution in [0.25, 0.3) is 0 Å². The van der Waals surface area contributed by atoms with Crippen molar-refractivity contribution in [2.45, 2.75) is 38.5 Å². The van der Waals surface area contributed by atoms with Gasteiger partial charge in [0.25, 0.3) is 0 Å². The summed E-state index contributed by atoms with van der Waals surface area (Å²) in [5, 5.41) is 0. The zero-order valence-corrected chi connectivity index (χ0v) is 11.4. The molecule has 2 rings (SSSR count). The molecule has 0 aromatic heterocycles. The van der Waals surface area contributed by atoms with Crippen LogP contribution in [0.4, 0.5) is 0 Å². The lowest BCUT2D eigenvalue weighted by atomic mass is 10.1.